The lowest BCUT2D eigenvalue weighted by Gasteiger charge is -2.52. The van der Waals surface area contributed by atoms with Crippen LogP contribution in [0.2, 0.25) is 4.34 Å². The fourth-order valence-electron chi connectivity index (χ4n) is 4.14. The van der Waals surface area contributed by atoms with Crippen molar-refractivity contribution in [1.29, 1.82) is 0 Å². The van der Waals surface area contributed by atoms with Crippen molar-refractivity contribution in [1.82, 2.24) is 15.2 Å². The van der Waals surface area contributed by atoms with E-state index in [1.807, 2.05) is 0 Å². The molecule has 16 nitrogen and oxygen atoms in total. The Kier molecular flexibility index (Phi) is 10.8. The number of aromatic nitrogens is 1. The number of anilines is 1. The molecule has 0 aliphatic carbocycles. The van der Waals surface area contributed by atoms with Gasteiger partial charge in [-0.15, -0.1) is 23.4 Å². The minimum atomic E-state index is -1.58. The standard InChI is InChI=1S/C26H26Cl2N6O10S2/c1-25(2,3)44-15(36)9-43-32-17(16-19(27)46-24(31-16)29-12-35)20(37)30-18-21(38)33-10-26(28,11-45-22(18)33)23(39)42-8-13-4-6-14(7-5-13)34(40)41/h4-7,12,18,22H,8-11H2,1-3H3,(H,30,37)(H,29,31,35)/t18?,22-,26?/m1/s1. The first-order valence-electron chi connectivity index (χ1n) is 13.2. The highest BCUT2D eigenvalue weighted by Gasteiger charge is 2.57. The molecule has 2 unspecified atom stereocenters. The predicted octanol–water partition coefficient (Wildman–Crippen LogP) is 2.46. The largest absolute Gasteiger partial charge is 0.459 e. The van der Waals surface area contributed by atoms with Crippen molar-refractivity contribution in [2.45, 2.75) is 49.3 Å². The van der Waals surface area contributed by atoms with Crippen LogP contribution in [0.1, 0.15) is 32.0 Å². The Balaban J connectivity index is 1.40. The summed E-state index contributed by atoms with van der Waals surface area (Å²) >= 11 is 14.8. The van der Waals surface area contributed by atoms with Gasteiger partial charge in [0.1, 0.15) is 33.7 Å². The molecule has 2 fully saturated rings. The third kappa shape index (κ3) is 8.23. The maximum absolute atomic E-state index is 13.4. The van der Waals surface area contributed by atoms with Gasteiger partial charge in [0, 0.05) is 17.9 Å². The average molecular weight is 718 g/mol. The van der Waals surface area contributed by atoms with Gasteiger partial charge in [-0.1, -0.05) is 28.1 Å². The molecular weight excluding hydrogens is 691 g/mol. The third-order valence-electron chi connectivity index (χ3n) is 6.18. The number of oxime groups is 1. The van der Waals surface area contributed by atoms with Crippen molar-refractivity contribution in [2.75, 3.05) is 24.2 Å². The molecule has 1 aromatic carbocycles. The summed E-state index contributed by atoms with van der Waals surface area (Å²) in [7, 11) is 0. The SMILES string of the molecule is CC(C)(C)OC(=O)CON=C(C(=O)NC1C(=O)N2CC(Cl)(C(=O)OCc3ccc([N+](=O)[O-])cc3)CS[C@H]12)c1nc(NC=O)sc1Cl. The van der Waals surface area contributed by atoms with Crippen molar-refractivity contribution in [3.8, 4) is 0 Å². The minimum absolute atomic E-state index is 0.0348. The van der Waals surface area contributed by atoms with E-state index in [-0.39, 0.29) is 39.8 Å². The molecule has 4 rings (SSSR count). The van der Waals surface area contributed by atoms with Crippen LogP contribution >= 0.6 is 46.3 Å². The number of hydrogen-bond donors (Lipinski definition) is 2. The van der Waals surface area contributed by atoms with E-state index in [9.17, 15) is 34.1 Å². The van der Waals surface area contributed by atoms with Crippen LogP contribution < -0.4 is 10.6 Å². The van der Waals surface area contributed by atoms with Crippen molar-refractivity contribution < 1.29 is 43.2 Å². The molecular formula is C26H26Cl2N6O10S2. The lowest BCUT2D eigenvalue weighted by atomic mass is 10.0. The fraction of sp³-hybridized carbons (Fsp3) is 0.423. The molecule has 2 N–H and O–H groups in total. The van der Waals surface area contributed by atoms with E-state index in [0.29, 0.717) is 12.0 Å². The van der Waals surface area contributed by atoms with E-state index in [1.165, 1.54) is 29.2 Å². The second-order valence-electron chi connectivity index (χ2n) is 10.8. The van der Waals surface area contributed by atoms with Crippen LogP contribution in [0.3, 0.4) is 0 Å². The molecule has 2 aromatic rings. The van der Waals surface area contributed by atoms with E-state index in [0.717, 1.165) is 23.1 Å². The van der Waals surface area contributed by atoms with E-state index in [2.05, 4.69) is 20.8 Å². The maximum atomic E-state index is 13.4. The van der Waals surface area contributed by atoms with Crippen LogP contribution in [0.25, 0.3) is 0 Å². The summed E-state index contributed by atoms with van der Waals surface area (Å²) in [6, 6.07) is 4.41. The van der Waals surface area contributed by atoms with Crippen molar-refractivity contribution in [3.05, 3.63) is 50.0 Å². The lowest BCUT2D eigenvalue weighted by molar-refractivity contribution is -0.384. The molecule has 246 valence electrons. The molecule has 0 radical (unpaired) electrons. The Morgan fingerprint density at radius 3 is 2.61 bits per heavy atom. The Labute approximate surface area is 279 Å². The number of carbonyl (C=O) groups is 5. The summed E-state index contributed by atoms with van der Waals surface area (Å²) in [4.78, 5) is 81.4. The number of benzene rings is 1. The molecule has 0 bridgehead atoms. The molecule has 46 heavy (non-hydrogen) atoms. The first-order chi connectivity index (χ1) is 21.6. The topological polar surface area (TPSA) is 209 Å². The van der Waals surface area contributed by atoms with Crippen molar-refractivity contribution in [3.63, 3.8) is 0 Å². The zero-order chi connectivity index (χ0) is 33.8. The zero-order valence-electron chi connectivity index (χ0n) is 24.3. The molecule has 3 atom stereocenters. The number of nitro benzene ring substituents is 1. The zero-order valence-corrected chi connectivity index (χ0v) is 27.5. The first kappa shape index (κ1) is 34.9. The molecule has 2 saturated heterocycles. The van der Waals surface area contributed by atoms with Crippen LogP contribution in [0.5, 0.6) is 0 Å². The number of rotatable bonds is 12. The highest BCUT2D eigenvalue weighted by atomic mass is 35.5. The number of carbonyl (C=O) groups excluding carboxylic acids is 5. The highest BCUT2D eigenvalue weighted by Crippen LogP contribution is 2.41. The van der Waals surface area contributed by atoms with Gasteiger partial charge in [-0.25, -0.2) is 9.78 Å². The number of alkyl halides is 1. The number of amides is 3. The molecule has 0 saturated carbocycles. The Morgan fingerprint density at radius 1 is 1.28 bits per heavy atom. The summed E-state index contributed by atoms with van der Waals surface area (Å²) < 4.78 is 10.4. The normalized spacial score (nSPS) is 20.9. The quantitative estimate of drug-likeness (QED) is 0.0617. The number of ether oxygens (including phenoxy) is 2. The predicted molar refractivity (Wildman–Crippen MR) is 167 cm³/mol. The van der Waals surface area contributed by atoms with Crippen molar-refractivity contribution >= 4 is 93.0 Å². The van der Waals surface area contributed by atoms with Crippen LogP contribution in [-0.2, 0) is 44.9 Å². The van der Waals surface area contributed by atoms with E-state index in [4.69, 9.17) is 37.5 Å². The second-order valence-corrected chi connectivity index (χ2v) is 14.2. The van der Waals surface area contributed by atoms with Gasteiger partial charge in [0.2, 0.25) is 18.9 Å². The maximum Gasteiger partial charge on any atom is 0.347 e. The van der Waals surface area contributed by atoms with Gasteiger partial charge < -0.3 is 29.8 Å². The number of thioether (sulfide) groups is 1. The summed E-state index contributed by atoms with van der Waals surface area (Å²) in [6.07, 6.45) is 0.360. The van der Waals surface area contributed by atoms with Gasteiger partial charge >= 0.3 is 11.9 Å². The summed E-state index contributed by atoms with van der Waals surface area (Å²) in [5.74, 6) is -2.97. The second kappa shape index (κ2) is 14.2. The van der Waals surface area contributed by atoms with E-state index >= 15 is 0 Å². The average Bonchev–Trinajstić information content (AvgIpc) is 3.35. The molecule has 20 heteroatoms. The number of non-ortho nitro benzene ring substituents is 1. The van der Waals surface area contributed by atoms with Gasteiger partial charge in [-0.2, -0.15) is 0 Å². The number of nitro groups is 1. The number of hydrogen-bond acceptors (Lipinski definition) is 14. The lowest BCUT2D eigenvalue weighted by Crippen LogP contribution is -2.74. The minimum Gasteiger partial charge on any atom is -0.459 e. The van der Waals surface area contributed by atoms with E-state index in [1.54, 1.807) is 20.8 Å². The third-order valence-corrected chi connectivity index (χ3v) is 9.46. The Morgan fingerprint density at radius 2 is 1.98 bits per heavy atom. The Hall–Kier alpha value is -4.00. The van der Waals surface area contributed by atoms with Gasteiger partial charge in [-0.05, 0) is 38.5 Å². The number of halogens is 2. The number of nitrogens with zero attached hydrogens (tertiary/aromatic N) is 4. The molecule has 2 aliphatic heterocycles. The molecule has 1 aromatic heterocycles. The number of nitrogens with one attached hydrogen (secondary N) is 2. The highest BCUT2D eigenvalue weighted by molar-refractivity contribution is 8.00. The number of β-lactam (4-membered cyclic amide) rings is 1. The first-order valence-corrected chi connectivity index (χ1v) is 15.8. The molecule has 3 heterocycles. The fourth-order valence-corrected chi connectivity index (χ4v) is 6.90. The van der Waals surface area contributed by atoms with Gasteiger partial charge in [0.25, 0.3) is 11.6 Å². The van der Waals surface area contributed by atoms with Gasteiger partial charge in [0.15, 0.2) is 15.7 Å². The van der Waals surface area contributed by atoms with Crippen LogP contribution in [-0.4, -0.2) is 91.5 Å². The number of fused-ring (bicyclic) bond motifs is 1. The van der Waals surface area contributed by atoms with Gasteiger partial charge in [-0.3, -0.25) is 29.3 Å². The summed E-state index contributed by atoms with van der Waals surface area (Å²) in [5.41, 5.74) is -1.05. The number of thiazole rings is 1. The summed E-state index contributed by atoms with van der Waals surface area (Å²) in [5, 5.41) is 18.9. The van der Waals surface area contributed by atoms with Crippen LogP contribution in [0, 0.1) is 10.1 Å². The number of esters is 2. The smallest absolute Gasteiger partial charge is 0.347 e. The molecule has 0 spiro atoms. The van der Waals surface area contributed by atoms with Gasteiger partial charge in [0.05, 0.1) is 11.5 Å². The van der Waals surface area contributed by atoms with E-state index < -0.39 is 62.9 Å². The molecule has 2 aliphatic rings. The van der Waals surface area contributed by atoms with Crippen molar-refractivity contribution in [2.24, 2.45) is 5.16 Å². The molecule has 3 amide bonds. The summed E-state index contributed by atoms with van der Waals surface area (Å²) in [6.45, 7) is 3.94. The van der Waals surface area contributed by atoms with Crippen LogP contribution in [0.4, 0.5) is 10.8 Å². The Bertz CT molecular complexity index is 1580. The van der Waals surface area contributed by atoms with Crippen LogP contribution in [0.15, 0.2) is 29.4 Å². The monoisotopic (exact) mass is 716 g/mol.